The second-order valence-electron chi connectivity index (χ2n) is 8.27. The van der Waals surface area contributed by atoms with Crippen LogP contribution in [0.3, 0.4) is 0 Å². The molecule has 0 spiro atoms. The van der Waals surface area contributed by atoms with Crippen molar-refractivity contribution in [3.8, 4) is 0 Å². The van der Waals surface area contributed by atoms with Gasteiger partial charge in [-0.05, 0) is 48.2 Å². The maximum absolute atomic E-state index is 13.4. The Kier molecular flexibility index (Phi) is 5.56. The number of halogens is 2. The minimum Gasteiger partial charge on any atom is -0.307 e. The Hall–Kier alpha value is -2.61. The van der Waals surface area contributed by atoms with Gasteiger partial charge < -0.3 is 4.90 Å². The predicted octanol–water partition coefficient (Wildman–Crippen LogP) is 4.26. The highest BCUT2D eigenvalue weighted by molar-refractivity contribution is 8.13. The number of carbonyl (C=O) groups excluding carboxylic acids is 1. The topological polar surface area (TPSA) is 47.9 Å². The molecule has 162 valence electrons. The smallest absolute Gasteiger partial charge is 0.231 e. The normalized spacial score (nSPS) is 25.0. The first-order valence-corrected chi connectivity index (χ1v) is 11.6. The highest BCUT2D eigenvalue weighted by atomic mass is 32.2. The molecule has 1 aliphatic carbocycles. The minimum atomic E-state index is -0.340. The molecular formula is C23H24F2N4OS. The molecule has 5 rings (SSSR count). The molecule has 1 saturated heterocycles. The zero-order valence-electron chi connectivity index (χ0n) is 17.0. The molecule has 0 aromatic heterocycles. The molecule has 2 aliphatic heterocycles. The van der Waals surface area contributed by atoms with Crippen molar-refractivity contribution in [1.29, 1.82) is 0 Å². The van der Waals surface area contributed by atoms with Gasteiger partial charge >= 0.3 is 0 Å². The molecule has 31 heavy (non-hydrogen) atoms. The van der Waals surface area contributed by atoms with Crippen molar-refractivity contribution in [2.75, 3.05) is 0 Å². The summed E-state index contributed by atoms with van der Waals surface area (Å²) in [5.41, 5.74) is 5.07. The van der Waals surface area contributed by atoms with Crippen LogP contribution in [0.2, 0.25) is 0 Å². The number of rotatable bonds is 4. The molecule has 3 aliphatic rings. The molecule has 2 aromatic rings. The molecule has 2 fully saturated rings. The average molecular weight is 443 g/mol. The van der Waals surface area contributed by atoms with Crippen molar-refractivity contribution in [2.45, 2.75) is 50.3 Å². The van der Waals surface area contributed by atoms with Gasteiger partial charge in [-0.2, -0.15) is 5.10 Å². The lowest BCUT2D eigenvalue weighted by atomic mass is 9.81. The van der Waals surface area contributed by atoms with E-state index in [0.717, 1.165) is 42.0 Å². The first kappa shape index (κ1) is 20.3. The molecule has 0 bridgehead atoms. The fraction of sp³-hybridized carbons (Fsp3) is 0.391. The Bertz CT molecular complexity index is 982. The Balaban J connectivity index is 1.37. The lowest BCUT2D eigenvalue weighted by molar-refractivity contribution is -0.156. The summed E-state index contributed by atoms with van der Waals surface area (Å²) < 4.78 is 26.5. The molecule has 2 aromatic carbocycles. The number of thioether (sulfide) groups is 1. The fourth-order valence-electron chi connectivity index (χ4n) is 4.73. The van der Waals surface area contributed by atoms with E-state index in [1.807, 2.05) is 4.90 Å². The number of amides is 1. The molecule has 1 amide bonds. The minimum absolute atomic E-state index is 0.0537. The Morgan fingerprint density at radius 2 is 1.61 bits per heavy atom. The SMILES string of the molecule is O=C1C2CCCCC2N2C(SCc3ccc(F)cc3)=NNC2N1Cc1ccc(F)cc1. The van der Waals surface area contributed by atoms with Crippen molar-refractivity contribution in [2.24, 2.45) is 11.0 Å². The van der Waals surface area contributed by atoms with Crippen LogP contribution in [0, 0.1) is 17.6 Å². The van der Waals surface area contributed by atoms with E-state index in [1.54, 1.807) is 36.0 Å². The van der Waals surface area contributed by atoms with E-state index in [1.165, 1.54) is 24.3 Å². The van der Waals surface area contributed by atoms with E-state index in [4.69, 9.17) is 0 Å². The number of nitrogens with zero attached hydrogens (tertiary/aromatic N) is 3. The number of nitrogens with one attached hydrogen (secondary N) is 1. The second-order valence-corrected chi connectivity index (χ2v) is 9.21. The van der Waals surface area contributed by atoms with Gasteiger partial charge in [-0.1, -0.05) is 48.9 Å². The van der Waals surface area contributed by atoms with Gasteiger partial charge in [0.15, 0.2) is 11.5 Å². The highest BCUT2D eigenvalue weighted by Gasteiger charge is 2.50. The molecule has 3 unspecified atom stereocenters. The summed E-state index contributed by atoms with van der Waals surface area (Å²) in [6.07, 6.45) is 3.66. The Labute approximate surface area is 184 Å². The van der Waals surface area contributed by atoms with Crippen molar-refractivity contribution >= 4 is 22.8 Å². The molecule has 5 nitrogen and oxygen atoms in total. The van der Waals surface area contributed by atoms with Gasteiger partial charge in [0.05, 0.1) is 5.92 Å². The van der Waals surface area contributed by atoms with Crippen LogP contribution in [0.25, 0.3) is 0 Å². The number of carbonyl (C=O) groups is 1. The van der Waals surface area contributed by atoms with E-state index in [-0.39, 0.29) is 35.8 Å². The largest absolute Gasteiger partial charge is 0.307 e. The third-order valence-corrected chi connectivity index (χ3v) is 7.33. The maximum Gasteiger partial charge on any atom is 0.231 e. The van der Waals surface area contributed by atoms with Gasteiger partial charge in [-0.3, -0.25) is 15.1 Å². The summed E-state index contributed by atoms with van der Waals surface area (Å²) in [5.74, 6) is 0.228. The van der Waals surface area contributed by atoms with Crippen LogP contribution >= 0.6 is 11.8 Å². The Morgan fingerprint density at radius 3 is 2.32 bits per heavy atom. The highest BCUT2D eigenvalue weighted by Crippen LogP contribution is 2.39. The molecule has 1 saturated carbocycles. The van der Waals surface area contributed by atoms with E-state index >= 15 is 0 Å². The summed E-state index contributed by atoms with van der Waals surface area (Å²) in [5, 5.41) is 5.44. The summed E-state index contributed by atoms with van der Waals surface area (Å²) in [7, 11) is 0. The third-order valence-electron chi connectivity index (χ3n) is 6.29. The maximum atomic E-state index is 13.4. The summed E-state index contributed by atoms with van der Waals surface area (Å²) in [4.78, 5) is 17.5. The molecule has 0 radical (unpaired) electrons. The third kappa shape index (κ3) is 4.01. The number of amidine groups is 1. The monoisotopic (exact) mass is 442 g/mol. The zero-order valence-corrected chi connectivity index (χ0v) is 17.8. The van der Waals surface area contributed by atoms with Crippen LogP contribution in [0.15, 0.2) is 53.6 Å². The Morgan fingerprint density at radius 1 is 0.968 bits per heavy atom. The second kappa shape index (κ2) is 8.49. The quantitative estimate of drug-likeness (QED) is 0.769. The van der Waals surface area contributed by atoms with Gasteiger partial charge in [0.1, 0.15) is 11.6 Å². The first-order chi connectivity index (χ1) is 15.1. The van der Waals surface area contributed by atoms with Crippen molar-refractivity contribution in [3.63, 3.8) is 0 Å². The molecule has 2 heterocycles. The van der Waals surface area contributed by atoms with Crippen LogP contribution in [0.5, 0.6) is 0 Å². The van der Waals surface area contributed by atoms with Crippen LogP contribution in [0.1, 0.15) is 36.8 Å². The predicted molar refractivity (Wildman–Crippen MR) is 117 cm³/mol. The van der Waals surface area contributed by atoms with Crippen LogP contribution < -0.4 is 5.43 Å². The standard InChI is InChI=1S/C23H24F2N4OS/c24-17-9-5-15(6-10-17)13-28-21(30)19-3-1-2-4-20(19)29-22(28)26-27-23(29)31-14-16-7-11-18(25)12-8-16/h5-12,19-20,22,26H,1-4,13-14H2. The van der Waals surface area contributed by atoms with Gasteiger partial charge in [0, 0.05) is 18.3 Å². The van der Waals surface area contributed by atoms with Crippen molar-refractivity contribution < 1.29 is 13.6 Å². The first-order valence-electron chi connectivity index (χ1n) is 10.6. The van der Waals surface area contributed by atoms with Gasteiger partial charge in [0.2, 0.25) is 5.91 Å². The van der Waals surface area contributed by atoms with E-state index in [9.17, 15) is 13.6 Å². The van der Waals surface area contributed by atoms with Crippen molar-refractivity contribution in [3.05, 3.63) is 71.3 Å². The van der Waals surface area contributed by atoms with Gasteiger partial charge in [-0.15, -0.1) is 0 Å². The zero-order chi connectivity index (χ0) is 21.4. The van der Waals surface area contributed by atoms with E-state index < -0.39 is 0 Å². The van der Waals surface area contributed by atoms with Crippen LogP contribution in [-0.4, -0.2) is 33.2 Å². The lowest BCUT2D eigenvalue weighted by Gasteiger charge is -2.50. The molecular weight excluding hydrogens is 418 g/mol. The van der Waals surface area contributed by atoms with E-state index in [0.29, 0.717) is 12.3 Å². The number of hydrazone groups is 1. The van der Waals surface area contributed by atoms with Crippen molar-refractivity contribution in [1.82, 2.24) is 15.2 Å². The van der Waals surface area contributed by atoms with Crippen LogP contribution in [-0.2, 0) is 17.1 Å². The van der Waals surface area contributed by atoms with Crippen LogP contribution in [0.4, 0.5) is 8.78 Å². The summed E-state index contributed by atoms with van der Waals surface area (Å²) in [6.45, 7) is 0.405. The van der Waals surface area contributed by atoms with Gasteiger partial charge in [-0.25, -0.2) is 8.78 Å². The molecule has 1 N–H and O–H groups in total. The lowest BCUT2D eigenvalue weighted by Crippen LogP contribution is -2.66. The molecule has 8 heteroatoms. The summed E-state index contributed by atoms with van der Waals surface area (Å²) >= 11 is 1.60. The number of fused-ring (bicyclic) bond motifs is 3. The van der Waals surface area contributed by atoms with E-state index in [2.05, 4.69) is 15.4 Å². The number of hydrogen-bond donors (Lipinski definition) is 1. The average Bonchev–Trinajstić information content (AvgIpc) is 3.21. The fourth-order valence-corrected chi connectivity index (χ4v) is 5.72. The summed E-state index contributed by atoms with van der Waals surface area (Å²) in [6, 6.07) is 12.9. The number of benzene rings is 2. The molecule has 3 atom stereocenters. The number of hydrogen-bond acceptors (Lipinski definition) is 5. The van der Waals surface area contributed by atoms with Gasteiger partial charge in [0.25, 0.3) is 0 Å².